The number of hydrogen-bond acceptors (Lipinski definition) is 3. The smallest absolute Gasteiger partial charge is 0.191 e. The molecule has 1 unspecified atom stereocenters. The van der Waals surface area contributed by atoms with Gasteiger partial charge >= 0.3 is 0 Å². The van der Waals surface area contributed by atoms with Gasteiger partial charge in [0, 0.05) is 32.3 Å². The van der Waals surface area contributed by atoms with Gasteiger partial charge in [-0.2, -0.15) is 0 Å². The Balaban J connectivity index is 1.75. The van der Waals surface area contributed by atoms with Crippen molar-refractivity contribution in [3.63, 3.8) is 0 Å². The van der Waals surface area contributed by atoms with E-state index in [9.17, 15) is 0 Å². The largest absolute Gasteiger partial charge is 0.356 e. The third-order valence-electron chi connectivity index (χ3n) is 4.05. The number of guanidine groups is 1. The van der Waals surface area contributed by atoms with E-state index in [1.807, 2.05) is 35.8 Å². The van der Waals surface area contributed by atoms with Crippen LogP contribution in [0.3, 0.4) is 0 Å². The third kappa shape index (κ3) is 5.51. The first kappa shape index (κ1) is 18.2. The van der Waals surface area contributed by atoms with Gasteiger partial charge in [0.2, 0.25) is 0 Å². The second kappa shape index (κ2) is 9.25. The molecule has 0 radical (unpaired) electrons. The summed E-state index contributed by atoms with van der Waals surface area (Å²) in [4.78, 5) is 4.30. The lowest BCUT2D eigenvalue weighted by molar-refractivity contribution is 0.491. The Morgan fingerprint density at radius 2 is 2.04 bits per heavy atom. The van der Waals surface area contributed by atoms with E-state index in [1.165, 1.54) is 12.8 Å². The van der Waals surface area contributed by atoms with Gasteiger partial charge in [0.05, 0.1) is 0 Å². The van der Waals surface area contributed by atoms with Crippen LogP contribution in [0.15, 0.2) is 29.4 Å². The fourth-order valence-corrected chi connectivity index (χ4v) is 2.69. The summed E-state index contributed by atoms with van der Waals surface area (Å²) in [6.07, 6.45) is 6.47. The normalized spacial score (nSPS) is 13.5. The molecule has 24 heavy (non-hydrogen) atoms. The lowest BCUT2D eigenvalue weighted by Crippen LogP contribution is -2.43. The van der Waals surface area contributed by atoms with E-state index < -0.39 is 0 Å². The van der Waals surface area contributed by atoms with Gasteiger partial charge in [0.25, 0.3) is 0 Å². The second-order valence-corrected chi connectivity index (χ2v) is 6.66. The maximum atomic E-state index is 4.30. The summed E-state index contributed by atoms with van der Waals surface area (Å²) in [5, 5.41) is 15.2. The van der Waals surface area contributed by atoms with Crippen LogP contribution in [0.5, 0.6) is 0 Å². The Kier molecular flexibility index (Phi) is 7.03. The van der Waals surface area contributed by atoms with Crippen LogP contribution in [0.4, 0.5) is 0 Å². The molecule has 2 aromatic heterocycles. The van der Waals surface area contributed by atoms with Crippen molar-refractivity contribution >= 4 is 11.6 Å². The topological polar surface area (TPSA) is 66.6 Å². The van der Waals surface area contributed by atoms with E-state index in [-0.39, 0.29) is 0 Å². The van der Waals surface area contributed by atoms with Gasteiger partial charge in [-0.05, 0) is 31.4 Å². The van der Waals surface area contributed by atoms with Crippen LogP contribution in [-0.4, -0.2) is 40.2 Å². The van der Waals surface area contributed by atoms with Crippen molar-refractivity contribution in [1.29, 1.82) is 0 Å². The average molecular weight is 330 g/mol. The maximum Gasteiger partial charge on any atom is 0.191 e. The summed E-state index contributed by atoms with van der Waals surface area (Å²) in [6.45, 7) is 7.52. The van der Waals surface area contributed by atoms with Crippen molar-refractivity contribution in [2.45, 2.75) is 52.5 Å². The van der Waals surface area contributed by atoms with Gasteiger partial charge < -0.3 is 10.6 Å². The molecule has 0 bridgehead atoms. The summed E-state index contributed by atoms with van der Waals surface area (Å²) in [5.74, 6) is 2.58. The van der Waals surface area contributed by atoms with Gasteiger partial charge in [-0.25, -0.2) is 0 Å². The number of hydrogen-bond donors (Lipinski definition) is 2. The van der Waals surface area contributed by atoms with E-state index in [0.29, 0.717) is 6.04 Å². The molecule has 2 rings (SSSR count). The molecule has 0 aromatic carbocycles. The molecule has 0 saturated carbocycles. The third-order valence-corrected chi connectivity index (χ3v) is 4.05. The van der Waals surface area contributed by atoms with Crippen molar-refractivity contribution in [1.82, 2.24) is 25.2 Å². The number of fused-ring (bicyclic) bond motifs is 1. The van der Waals surface area contributed by atoms with Crippen LogP contribution in [0.1, 0.15) is 45.9 Å². The zero-order chi connectivity index (χ0) is 17.4. The van der Waals surface area contributed by atoms with E-state index >= 15 is 0 Å². The summed E-state index contributed by atoms with van der Waals surface area (Å²) in [6, 6.07) is 6.35. The van der Waals surface area contributed by atoms with Crippen molar-refractivity contribution in [3.8, 4) is 0 Å². The van der Waals surface area contributed by atoms with Crippen LogP contribution in [0.2, 0.25) is 0 Å². The number of pyridine rings is 1. The minimum absolute atomic E-state index is 0.420. The first-order valence-corrected chi connectivity index (χ1v) is 8.86. The number of nitrogens with zero attached hydrogens (tertiary/aromatic N) is 4. The van der Waals surface area contributed by atoms with Crippen molar-refractivity contribution in [2.24, 2.45) is 10.9 Å². The highest BCUT2D eigenvalue weighted by Gasteiger charge is 2.07. The van der Waals surface area contributed by atoms with Gasteiger partial charge in [-0.1, -0.05) is 32.8 Å². The van der Waals surface area contributed by atoms with Crippen LogP contribution in [0.25, 0.3) is 5.65 Å². The van der Waals surface area contributed by atoms with Crippen LogP contribution < -0.4 is 10.6 Å². The Morgan fingerprint density at radius 1 is 1.21 bits per heavy atom. The first-order valence-electron chi connectivity index (χ1n) is 8.86. The molecule has 6 nitrogen and oxygen atoms in total. The minimum atomic E-state index is 0.420. The summed E-state index contributed by atoms with van der Waals surface area (Å²) >= 11 is 0. The number of aliphatic imine (C=N–C) groups is 1. The summed E-state index contributed by atoms with van der Waals surface area (Å²) in [7, 11) is 1.81. The predicted octanol–water partition coefficient (Wildman–Crippen LogP) is 2.65. The Hall–Kier alpha value is -2.11. The Bertz CT molecular complexity index is 646. The molecule has 0 aliphatic carbocycles. The molecule has 0 aliphatic heterocycles. The average Bonchev–Trinajstić information content (AvgIpc) is 2.97. The van der Waals surface area contributed by atoms with Crippen molar-refractivity contribution in [2.75, 3.05) is 13.6 Å². The zero-order valence-electron chi connectivity index (χ0n) is 15.3. The second-order valence-electron chi connectivity index (χ2n) is 6.66. The SMILES string of the molecule is CN=C(NCCc1nnc2ccccn12)NC(C)CCCC(C)C. The van der Waals surface area contributed by atoms with E-state index in [4.69, 9.17) is 0 Å². The number of aromatic nitrogens is 3. The van der Waals surface area contributed by atoms with E-state index in [1.54, 1.807) is 0 Å². The highest BCUT2D eigenvalue weighted by atomic mass is 15.2. The molecule has 2 heterocycles. The van der Waals surface area contributed by atoms with Crippen molar-refractivity contribution in [3.05, 3.63) is 30.2 Å². The first-order chi connectivity index (χ1) is 11.6. The quantitative estimate of drug-likeness (QED) is 0.577. The molecule has 0 amide bonds. The summed E-state index contributed by atoms with van der Waals surface area (Å²) < 4.78 is 2.02. The number of rotatable bonds is 8. The highest BCUT2D eigenvalue weighted by Crippen LogP contribution is 2.08. The fourth-order valence-electron chi connectivity index (χ4n) is 2.69. The van der Waals surface area contributed by atoms with E-state index in [2.05, 4.69) is 46.6 Å². The lowest BCUT2D eigenvalue weighted by Gasteiger charge is -2.18. The van der Waals surface area contributed by atoms with Crippen LogP contribution in [-0.2, 0) is 6.42 Å². The van der Waals surface area contributed by atoms with Crippen molar-refractivity contribution < 1.29 is 0 Å². The molecule has 0 saturated heterocycles. The molecule has 0 spiro atoms. The van der Waals surface area contributed by atoms with E-state index in [0.717, 1.165) is 42.7 Å². The number of nitrogens with one attached hydrogen (secondary N) is 2. The highest BCUT2D eigenvalue weighted by molar-refractivity contribution is 5.79. The lowest BCUT2D eigenvalue weighted by atomic mass is 10.0. The standard InChI is InChI=1S/C18H30N6/c1-14(2)8-7-9-15(3)21-18(19-4)20-12-11-17-23-22-16-10-5-6-13-24(16)17/h5-6,10,13-15H,7-9,11-12H2,1-4H3,(H2,19,20,21). The molecule has 0 aliphatic rings. The van der Waals surface area contributed by atoms with Gasteiger partial charge in [0.15, 0.2) is 11.6 Å². The fraction of sp³-hybridized carbons (Fsp3) is 0.611. The molecule has 2 aromatic rings. The minimum Gasteiger partial charge on any atom is -0.356 e. The molecule has 0 fully saturated rings. The monoisotopic (exact) mass is 330 g/mol. The molecular formula is C18H30N6. The van der Waals surface area contributed by atoms with Gasteiger partial charge in [-0.3, -0.25) is 9.39 Å². The summed E-state index contributed by atoms with van der Waals surface area (Å²) in [5.41, 5.74) is 0.883. The van der Waals surface area contributed by atoms with Gasteiger partial charge in [0.1, 0.15) is 5.82 Å². The van der Waals surface area contributed by atoms with Crippen LogP contribution >= 0.6 is 0 Å². The van der Waals surface area contributed by atoms with Crippen LogP contribution in [0, 0.1) is 5.92 Å². The zero-order valence-corrected chi connectivity index (χ0v) is 15.3. The Morgan fingerprint density at radius 3 is 2.79 bits per heavy atom. The molecule has 1 atom stereocenters. The Labute approximate surface area is 144 Å². The predicted molar refractivity (Wildman–Crippen MR) is 99.3 cm³/mol. The molecule has 132 valence electrons. The molecular weight excluding hydrogens is 300 g/mol. The van der Waals surface area contributed by atoms with Gasteiger partial charge in [-0.15, -0.1) is 10.2 Å². The molecule has 6 heteroatoms. The molecule has 2 N–H and O–H groups in total. The maximum absolute atomic E-state index is 4.30.